The number of rotatable bonds is 3. The molecular formula is C21H18ClN3O. The Hall–Kier alpha value is -2.85. The predicted molar refractivity (Wildman–Crippen MR) is 107 cm³/mol. The van der Waals surface area contributed by atoms with Gasteiger partial charge in [-0.15, -0.1) is 0 Å². The van der Waals surface area contributed by atoms with E-state index in [4.69, 9.17) is 11.6 Å². The van der Waals surface area contributed by atoms with E-state index in [9.17, 15) is 4.79 Å². The molecular weight excluding hydrogens is 346 g/mol. The molecule has 26 heavy (non-hydrogen) atoms. The van der Waals surface area contributed by atoms with Gasteiger partial charge in [0.2, 0.25) is 5.91 Å². The van der Waals surface area contributed by atoms with Crippen molar-refractivity contribution in [2.45, 2.75) is 19.3 Å². The molecule has 5 heteroatoms. The second-order valence-corrected chi connectivity index (χ2v) is 7.29. The summed E-state index contributed by atoms with van der Waals surface area (Å²) in [5, 5.41) is 5.63. The van der Waals surface area contributed by atoms with Crippen molar-refractivity contribution in [1.29, 1.82) is 0 Å². The van der Waals surface area contributed by atoms with Gasteiger partial charge in [0.1, 0.15) is 0 Å². The van der Waals surface area contributed by atoms with Gasteiger partial charge in [-0.2, -0.15) is 0 Å². The number of aromatic nitrogens is 2. The molecule has 0 atom stereocenters. The summed E-state index contributed by atoms with van der Waals surface area (Å²) in [4.78, 5) is 20.7. The molecule has 0 radical (unpaired) electrons. The Morgan fingerprint density at radius 2 is 1.96 bits per heavy atom. The van der Waals surface area contributed by atoms with E-state index in [2.05, 4.69) is 15.3 Å². The van der Waals surface area contributed by atoms with Crippen LogP contribution in [0, 0.1) is 0 Å². The van der Waals surface area contributed by atoms with Gasteiger partial charge in [0.25, 0.3) is 0 Å². The summed E-state index contributed by atoms with van der Waals surface area (Å²) in [7, 11) is 0. The van der Waals surface area contributed by atoms with Crippen LogP contribution in [0.5, 0.6) is 0 Å². The molecule has 130 valence electrons. The Labute approximate surface area is 156 Å². The van der Waals surface area contributed by atoms with Crippen molar-refractivity contribution >= 4 is 45.0 Å². The van der Waals surface area contributed by atoms with Gasteiger partial charge >= 0.3 is 0 Å². The summed E-state index contributed by atoms with van der Waals surface area (Å²) in [6.07, 6.45) is 3.60. The number of pyridine rings is 1. The normalized spacial score (nSPS) is 11.8. The van der Waals surface area contributed by atoms with Gasteiger partial charge in [-0.25, -0.2) is 0 Å². The maximum atomic E-state index is 13.1. The second kappa shape index (κ2) is 6.15. The first-order chi connectivity index (χ1) is 12.5. The van der Waals surface area contributed by atoms with Crippen LogP contribution >= 0.6 is 11.6 Å². The summed E-state index contributed by atoms with van der Waals surface area (Å²) in [6.45, 7) is 3.81. The Morgan fingerprint density at radius 1 is 1.15 bits per heavy atom. The fraction of sp³-hybridized carbons (Fsp3) is 0.143. The molecule has 4 rings (SSSR count). The van der Waals surface area contributed by atoms with Crippen molar-refractivity contribution in [3.05, 3.63) is 71.5 Å². The molecule has 2 N–H and O–H groups in total. The van der Waals surface area contributed by atoms with Crippen molar-refractivity contribution in [2.24, 2.45) is 0 Å². The first kappa shape index (κ1) is 16.6. The monoisotopic (exact) mass is 363 g/mol. The van der Waals surface area contributed by atoms with E-state index in [1.165, 1.54) is 0 Å². The fourth-order valence-corrected chi connectivity index (χ4v) is 3.39. The van der Waals surface area contributed by atoms with Gasteiger partial charge < -0.3 is 10.3 Å². The average molecular weight is 364 g/mol. The molecule has 4 aromatic rings. The Bertz CT molecular complexity index is 1130. The van der Waals surface area contributed by atoms with Crippen LogP contribution in [0.2, 0.25) is 5.02 Å². The number of hydrogen-bond acceptors (Lipinski definition) is 2. The molecule has 0 fully saturated rings. The van der Waals surface area contributed by atoms with Crippen LogP contribution in [0.1, 0.15) is 19.4 Å². The van der Waals surface area contributed by atoms with Gasteiger partial charge in [0, 0.05) is 33.7 Å². The molecule has 0 saturated heterocycles. The van der Waals surface area contributed by atoms with Crippen LogP contribution < -0.4 is 5.32 Å². The molecule has 2 aromatic heterocycles. The lowest BCUT2D eigenvalue weighted by Crippen LogP contribution is -2.34. The van der Waals surface area contributed by atoms with Crippen LogP contribution in [-0.4, -0.2) is 15.9 Å². The van der Waals surface area contributed by atoms with Crippen LogP contribution in [-0.2, 0) is 10.2 Å². The van der Waals surface area contributed by atoms with Crippen LogP contribution in [0.3, 0.4) is 0 Å². The van der Waals surface area contributed by atoms with Crippen molar-refractivity contribution in [1.82, 2.24) is 9.97 Å². The maximum absolute atomic E-state index is 13.1. The molecule has 0 bridgehead atoms. The van der Waals surface area contributed by atoms with Gasteiger partial charge in [0.05, 0.1) is 16.6 Å². The highest BCUT2D eigenvalue weighted by molar-refractivity contribution is 6.31. The van der Waals surface area contributed by atoms with E-state index in [0.717, 1.165) is 27.4 Å². The van der Waals surface area contributed by atoms with Gasteiger partial charge in [0.15, 0.2) is 0 Å². The highest BCUT2D eigenvalue weighted by Crippen LogP contribution is 2.33. The summed E-state index contributed by atoms with van der Waals surface area (Å²) in [5.74, 6) is -0.100. The van der Waals surface area contributed by atoms with E-state index in [1.807, 2.05) is 68.6 Å². The van der Waals surface area contributed by atoms with Gasteiger partial charge in [-0.1, -0.05) is 29.8 Å². The largest absolute Gasteiger partial charge is 0.361 e. The number of H-pyrrole nitrogens is 1. The average Bonchev–Trinajstić information content (AvgIpc) is 3.05. The lowest BCUT2D eigenvalue weighted by molar-refractivity contribution is -0.120. The molecule has 1 amide bonds. The fourth-order valence-electron chi connectivity index (χ4n) is 3.22. The SMILES string of the molecule is CC(C)(C(=O)Nc1cccc2cccnc12)c1c[nH]c2ccc(Cl)cc12. The smallest absolute Gasteiger partial charge is 0.234 e. The minimum Gasteiger partial charge on any atom is -0.361 e. The number of nitrogens with zero attached hydrogens (tertiary/aromatic N) is 1. The predicted octanol–water partition coefficient (Wildman–Crippen LogP) is 5.29. The first-order valence-corrected chi connectivity index (χ1v) is 8.77. The molecule has 0 aliphatic carbocycles. The van der Waals surface area contributed by atoms with E-state index >= 15 is 0 Å². The standard InChI is InChI=1S/C21H18ClN3O/c1-21(2,16-12-24-17-9-8-14(22)11-15(16)17)20(26)25-18-7-3-5-13-6-4-10-23-19(13)18/h3-12,24H,1-2H3,(H,25,26). The van der Waals surface area contributed by atoms with Gasteiger partial charge in [-0.3, -0.25) is 9.78 Å². The van der Waals surface area contributed by atoms with E-state index < -0.39 is 5.41 Å². The summed E-state index contributed by atoms with van der Waals surface area (Å²) in [6, 6.07) is 15.3. The number of benzene rings is 2. The minimum absolute atomic E-state index is 0.100. The third kappa shape index (κ3) is 2.72. The Balaban J connectivity index is 1.73. The zero-order chi connectivity index (χ0) is 18.3. The molecule has 2 aromatic carbocycles. The Morgan fingerprint density at radius 3 is 2.81 bits per heavy atom. The number of carbonyl (C=O) groups excluding carboxylic acids is 1. The number of nitrogens with one attached hydrogen (secondary N) is 2. The van der Waals surface area contributed by atoms with E-state index in [0.29, 0.717) is 10.7 Å². The number of amides is 1. The molecule has 0 aliphatic heterocycles. The molecule has 0 aliphatic rings. The molecule has 4 nitrogen and oxygen atoms in total. The van der Waals surface area contributed by atoms with Crippen molar-refractivity contribution in [2.75, 3.05) is 5.32 Å². The first-order valence-electron chi connectivity index (χ1n) is 8.39. The lowest BCUT2D eigenvalue weighted by Gasteiger charge is -2.24. The number of aromatic amines is 1. The third-order valence-corrected chi connectivity index (χ3v) is 5.00. The number of fused-ring (bicyclic) bond motifs is 2. The van der Waals surface area contributed by atoms with E-state index in [1.54, 1.807) is 6.20 Å². The minimum atomic E-state index is -0.750. The number of hydrogen-bond donors (Lipinski definition) is 2. The number of carbonyl (C=O) groups is 1. The second-order valence-electron chi connectivity index (χ2n) is 6.85. The van der Waals surface area contributed by atoms with E-state index in [-0.39, 0.29) is 5.91 Å². The van der Waals surface area contributed by atoms with Crippen molar-refractivity contribution < 1.29 is 4.79 Å². The molecule has 0 spiro atoms. The summed E-state index contributed by atoms with van der Waals surface area (Å²) < 4.78 is 0. The molecule has 0 unspecified atom stereocenters. The number of halogens is 1. The third-order valence-electron chi connectivity index (χ3n) is 4.77. The van der Waals surface area contributed by atoms with Gasteiger partial charge in [-0.05, 0) is 49.7 Å². The zero-order valence-electron chi connectivity index (χ0n) is 14.5. The molecule has 0 saturated carbocycles. The number of anilines is 1. The molecule has 2 heterocycles. The van der Waals surface area contributed by atoms with Crippen LogP contribution in [0.4, 0.5) is 5.69 Å². The quantitative estimate of drug-likeness (QED) is 0.520. The highest BCUT2D eigenvalue weighted by Gasteiger charge is 2.32. The maximum Gasteiger partial charge on any atom is 0.234 e. The summed E-state index contributed by atoms with van der Waals surface area (Å²) >= 11 is 6.15. The zero-order valence-corrected chi connectivity index (χ0v) is 15.3. The van der Waals surface area contributed by atoms with Crippen molar-refractivity contribution in [3.63, 3.8) is 0 Å². The highest BCUT2D eigenvalue weighted by atomic mass is 35.5. The summed E-state index contributed by atoms with van der Waals surface area (Å²) in [5.41, 5.74) is 2.60. The van der Waals surface area contributed by atoms with Crippen LogP contribution in [0.25, 0.3) is 21.8 Å². The lowest BCUT2D eigenvalue weighted by atomic mass is 9.83. The van der Waals surface area contributed by atoms with Crippen LogP contribution in [0.15, 0.2) is 60.9 Å². The Kier molecular flexibility index (Phi) is 3.93. The number of para-hydroxylation sites is 1. The van der Waals surface area contributed by atoms with Crippen molar-refractivity contribution in [3.8, 4) is 0 Å². The topological polar surface area (TPSA) is 57.8 Å².